The Morgan fingerprint density at radius 3 is 2.75 bits per heavy atom. The van der Waals surface area contributed by atoms with E-state index in [1.54, 1.807) is 11.8 Å². The van der Waals surface area contributed by atoms with Crippen LogP contribution in [-0.2, 0) is 23.7 Å². The second-order valence-corrected chi connectivity index (χ2v) is 7.95. The van der Waals surface area contributed by atoms with E-state index < -0.39 is 17.4 Å². The molecule has 0 radical (unpaired) electrons. The lowest BCUT2D eigenvalue weighted by Crippen LogP contribution is -2.46. The zero-order chi connectivity index (χ0) is 17.4. The lowest BCUT2D eigenvalue weighted by Gasteiger charge is -2.26. The van der Waals surface area contributed by atoms with Gasteiger partial charge < -0.3 is 18.9 Å². The van der Waals surface area contributed by atoms with Crippen LogP contribution in [0.25, 0.3) is 0 Å². The number of ether oxygens (including phenoxy) is 4. The highest BCUT2D eigenvalue weighted by atomic mass is 35.5. The molecule has 2 aliphatic heterocycles. The summed E-state index contributed by atoms with van der Waals surface area (Å²) < 4.78 is 23.2. The molecule has 24 heavy (non-hydrogen) atoms. The molecule has 2 fully saturated rings. The molecule has 0 aromatic heterocycles. The third kappa shape index (κ3) is 3.73. The maximum Gasteiger partial charge on any atom is 0.320 e. The number of esters is 1. The molecule has 7 heteroatoms. The number of fused-ring (bicyclic) bond motifs is 1. The number of alkyl halides is 1. The van der Waals surface area contributed by atoms with Crippen LogP contribution in [0.2, 0.25) is 0 Å². The predicted octanol–water partition coefficient (Wildman–Crippen LogP) is 3.12. The van der Waals surface area contributed by atoms with Crippen molar-refractivity contribution >= 4 is 29.3 Å². The van der Waals surface area contributed by atoms with Crippen LogP contribution < -0.4 is 0 Å². The van der Waals surface area contributed by atoms with Crippen LogP contribution in [0.15, 0.2) is 29.2 Å². The minimum atomic E-state index is -0.798. The van der Waals surface area contributed by atoms with E-state index in [0.29, 0.717) is 6.61 Å². The Hall–Kier alpha value is -0.790. The normalized spacial score (nSPS) is 31.0. The van der Waals surface area contributed by atoms with E-state index in [0.717, 1.165) is 4.90 Å². The highest BCUT2D eigenvalue weighted by molar-refractivity contribution is 7.99. The molecule has 1 aromatic rings. The van der Waals surface area contributed by atoms with Crippen LogP contribution in [0.3, 0.4) is 0 Å². The molecule has 3 rings (SSSR count). The van der Waals surface area contributed by atoms with E-state index in [-0.39, 0.29) is 24.0 Å². The Labute approximate surface area is 150 Å². The van der Waals surface area contributed by atoms with Crippen molar-refractivity contribution < 1.29 is 23.7 Å². The van der Waals surface area contributed by atoms with Gasteiger partial charge in [-0.15, -0.1) is 11.6 Å². The summed E-state index contributed by atoms with van der Waals surface area (Å²) in [6.07, 6.45) is -0.332. The molecule has 0 spiro atoms. The van der Waals surface area contributed by atoms with Gasteiger partial charge in [-0.2, -0.15) is 0 Å². The van der Waals surface area contributed by atoms with Gasteiger partial charge in [0.25, 0.3) is 0 Å². The lowest BCUT2D eigenvalue weighted by atomic mass is 10.0. The number of carbonyl (C=O) groups excluding carboxylic acids is 1. The van der Waals surface area contributed by atoms with Crippen molar-refractivity contribution in [2.75, 3.05) is 19.1 Å². The van der Waals surface area contributed by atoms with Gasteiger partial charge in [-0.1, -0.05) is 29.5 Å². The fraction of sp³-hybridized carbons (Fsp3) is 0.588. The molecular weight excluding hydrogens is 352 g/mol. The Morgan fingerprint density at radius 1 is 1.38 bits per heavy atom. The maximum atomic E-state index is 11.4. The Balaban J connectivity index is 1.74. The van der Waals surface area contributed by atoms with E-state index in [2.05, 4.69) is 24.3 Å². The number of benzene rings is 1. The van der Waals surface area contributed by atoms with E-state index in [9.17, 15) is 4.79 Å². The first-order chi connectivity index (χ1) is 11.3. The largest absolute Gasteiger partial charge is 0.462 e. The van der Waals surface area contributed by atoms with E-state index in [1.165, 1.54) is 5.56 Å². The van der Waals surface area contributed by atoms with Crippen molar-refractivity contribution in [1.82, 2.24) is 0 Å². The number of carbonyl (C=O) groups is 1. The smallest absolute Gasteiger partial charge is 0.320 e. The number of thioether (sulfide) groups is 1. The molecule has 0 bridgehead atoms. The van der Waals surface area contributed by atoms with Gasteiger partial charge in [0.2, 0.25) is 0 Å². The van der Waals surface area contributed by atoms with Crippen molar-refractivity contribution in [1.29, 1.82) is 0 Å². The third-order valence-corrected chi connectivity index (χ3v) is 5.36. The molecule has 0 saturated carbocycles. The fourth-order valence-corrected chi connectivity index (χ4v) is 4.15. The van der Waals surface area contributed by atoms with Crippen molar-refractivity contribution in [3.8, 4) is 0 Å². The Bertz CT molecular complexity index is 606. The summed E-state index contributed by atoms with van der Waals surface area (Å²) >= 11 is 7.08. The first kappa shape index (κ1) is 18.0. The van der Waals surface area contributed by atoms with Gasteiger partial charge in [0, 0.05) is 4.90 Å². The molecule has 0 amide bonds. The van der Waals surface area contributed by atoms with E-state index >= 15 is 0 Å². The zero-order valence-electron chi connectivity index (χ0n) is 13.9. The van der Waals surface area contributed by atoms with Gasteiger partial charge in [0.05, 0.1) is 6.61 Å². The minimum Gasteiger partial charge on any atom is -0.462 e. The molecule has 2 heterocycles. The van der Waals surface area contributed by atoms with Crippen molar-refractivity contribution in [2.24, 2.45) is 0 Å². The lowest BCUT2D eigenvalue weighted by molar-refractivity contribution is -0.194. The summed E-state index contributed by atoms with van der Waals surface area (Å²) in [5.41, 5.74) is 0.174. The average molecular weight is 373 g/mol. The first-order valence-corrected chi connectivity index (χ1v) is 9.19. The molecule has 0 N–H and O–H groups in total. The van der Waals surface area contributed by atoms with Gasteiger partial charge in [-0.25, -0.2) is 0 Å². The molecule has 0 unspecified atom stereocenters. The Kier molecular flexibility index (Phi) is 5.14. The summed E-state index contributed by atoms with van der Waals surface area (Å²) in [6.45, 7) is 6.12. The topological polar surface area (TPSA) is 54.0 Å². The van der Waals surface area contributed by atoms with Gasteiger partial charge in [0.15, 0.2) is 11.4 Å². The fourth-order valence-electron chi connectivity index (χ4n) is 2.95. The highest BCUT2D eigenvalue weighted by Crippen LogP contribution is 2.47. The van der Waals surface area contributed by atoms with Crippen molar-refractivity contribution in [2.45, 2.75) is 48.6 Å². The number of aryl methyl sites for hydroxylation is 1. The van der Waals surface area contributed by atoms with Gasteiger partial charge >= 0.3 is 5.97 Å². The van der Waals surface area contributed by atoms with Gasteiger partial charge in [0.1, 0.15) is 24.0 Å². The number of hydrogen-bond acceptors (Lipinski definition) is 6. The third-order valence-electron chi connectivity index (χ3n) is 3.98. The zero-order valence-corrected chi connectivity index (χ0v) is 15.5. The van der Waals surface area contributed by atoms with Crippen LogP contribution in [0, 0.1) is 6.92 Å². The average Bonchev–Trinajstić information content (AvgIpc) is 2.99. The first-order valence-electron chi connectivity index (χ1n) is 7.78. The number of rotatable bonds is 5. The minimum absolute atomic E-state index is 0.0671. The summed E-state index contributed by atoms with van der Waals surface area (Å²) in [5, 5.41) is 0. The van der Waals surface area contributed by atoms with Gasteiger partial charge in [-0.3, -0.25) is 4.79 Å². The van der Waals surface area contributed by atoms with E-state index in [4.69, 9.17) is 30.5 Å². The van der Waals surface area contributed by atoms with Crippen molar-refractivity contribution in [3.63, 3.8) is 0 Å². The van der Waals surface area contributed by atoms with Crippen LogP contribution in [-0.4, -0.2) is 48.0 Å². The molecule has 2 aliphatic rings. The number of halogens is 1. The molecule has 0 aliphatic carbocycles. The predicted molar refractivity (Wildman–Crippen MR) is 91.2 cm³/mol. The molecule has 132 valence electrons. The van der Waals surface area contributed by atoms with Crippen molar-refractivity contribution in [3.05, 3.63) is 29.8 Å². The Morgan fingerprint density at radius 2 is 2.08 bits per heavy atom. The maximum absolute atomic E-state index is 11.4. The SMILES string of the molecule is Cc1ccc(S[C@@H]2OC[C@@]3(COC(=O)CCl)OC(C)(C)O[C@@H]23)cc1. The standard InChI is InChI=1S/C17H21ClO5S/c1-11-4-6-12(7-5-11)24-15-14-17(10-21-15,9-20-13(19)8-18)23-16(2,3)22-14/h4-7,14-15H,8-10H2,1-3H3/t14-,15-,17+/m0/s1. The van der Waals surface area contributed by atoms with E-state index in [1.807, 2.05) is 20.8 Å². The van der Waals surface area contributed by atoms with Crippen LogP contribution in [0.1, 0.15) is 19.4 Å². The second kappa shape index (κ2) is 6.84. The molecular formula is C17H21ClO5S. The summed E-state index contributed by atoms with van der Waals surface area (Å²) in [6, 6.07) is 8.22. The monoisotopic (exact) mass is 372 g/mol. The van der Waals surface area contributed by atoms with Crippen LogP contribution in [0.4, 0.5) is 0 Å². The quantitative estimate of drug-likeness (QED) is 0.584. The second-order valence-electron chi connectivity index (χ2n) is 6.51. The molecule has 5 nitrogen and oxygen atoms in total. The highest BCUT2D eigenvalue weighted by Gasteiger charge is 2.62. The summed E-state index contributed by atoms with van der Waals surface area (Å²) in [5.74, 6) is -1.42. The van der Waals surface area contributed by atoms with Gasteiger partial charge in [-0.05, 0) is 32.9 Å². The van der Waals surface area contributed by atoms with Crippen LogP contribution in [0.5, 0.6) is 0 Å². The molecule has 3 atom stereocenters. The number of hydrogen-bond donors (Lipinski definition) is 0. The summed E-state index contributed by atoms with van der Waals surface area (Å²) in [7, 11) is 0. The summed E-state index contributed by atoms with van der Waals surface area (Å²) in [4.78, 5) is 12.5. The van der Waals surface area contributed by atoms with Crippen LogP contribution >= 0.6 is 23.4 Å². The molecule has 1 aromatic carbocycles. The molecule has 2 saturated heterocycles.